The maximum atomic E-state index is 12.7. The zero-order valence-corrected chi connectivity index (χ0v) is 17.9. The van der Waals surface area contributed by atoms with E-state index in [1.54, 1.807) is 0 Å². The lowest BCUT2D eigenvalue weighted by Gasteiger charge is -2.18. The van der Waals surface area contributed by atoms with Crippen molar-refractivity contribution in [3.63, 3.8) is 0 Å². The molecule has 0 bridgehead atoms. The first-order chi connectivity index (χ1) is 14.2. The second kappa shape index (κ2) is 10.3. The molecule has 0 saturated heterocycles. The van der Waals surface area contributed by atoms with E-state index in [-0.39, 0.29) is 36.4 Å². The lowest BCUT2D eigenvalue weighted by atomic mass is 10.4. The first-order valence-corrected chi connectivity index (χ1v) is 9.06. The summed E-state index contributed by atoms with van der Waals surface area (Å²) in [6, 6.07) is 0. The van der Waals surface area contributed by atoms with Crippen LogP contribution in [-0.4, -0.2) is 56.6 Å². The number of esters is 2. The quantitative estimate of drug-likeness (QED) is 0.375. The summed E-state index contributed by atoms with van der Waals surface area (Å²) in [4.78, 5) is 42.7. The van der Waals surface area contributed by atoms with Crippen molar-refractivity contribution in [2.45, 2.75) is 13.8 Å². The fraction of sp³-hybridized carbons (Fsp3) is 0.294. The zero-order chi connectivity index (χ0) is 22.3. The van der Waals surface area contributed by atoms with Gasteiger partial charge in [0.05, 0.1) is 11.6 Å². The number of aromatic nitrogens is 5. The highest BCUT2D eigenvalue weighted by atomic mass is 79.9. The Hall–Kier alpha value is -3.48. The Kier molecular flexibility index (Phi) is 7.86. The van der Waals surface area contributed by atoms with Crippen LogP contribution in [0.4, 0.5) is 0 Å². The Morgan fingerprint density at radius 2 is 1.87 bits per heavy atom. The standard InChI is InChI=1S/C17H18BrN5O7/c1-10(6-28-11(2)24)30-16(14(27-4)7-29-12(3)25)22-5-13(18)15(21-17(22)26)23-9-19-8-20-23/h5,8-9H,1,6-7H2,2-4H3/b16-14+. The first-order valence-electron chi connectivity index (χ1n) is 8.27. The van der Waals surface area contributed by atoms with Crippen molar-refractivity contribution >= 4 is 33.8 Å². The highest BCUT2D eigenvalue weighted by molar-refractivity contribution is 9.10. The fourth-order valence-electron chi connectivity index (χ4n) is 2.01. The monoisotopic (exact) mass is 483 g/mol. The molecule has 0 atom stereocenters. The molecule has 0 saturated carbocycles. The minimum Gasteiger partial charge on any atom is -0.492 e. The number of nitrogens with zero attached hydrogens (tertiary/aromatic N) is 5. The smallest absolute Gasteiger partial charge is 0.356 e. The van der Waals surface area contributed by atoms with Crippen molar-refractivity contribution in [2.75, 3.05) is 20.3 Å². The van der Waals surface area contributed by atoms with Crippen LogP contribution in [0.25, 0.3) is 11.7 Å². The van der Waals surface area contributed by atoms with Crippen LogP contribution in [0.2, 0.25) is 0 Å². The number of rotatable bonds is 9. The predicted octanol–water partition coefficient (Wildman–Crippen LogP) is 1.02. The molecule has 160 valence electrons. The summed E-state index contributed by atoms with van der Waals surface area (Å²) < 4.78 is 23.3. The molecule has 0 aliphatic heterocycles. The molecule has 2 heterocycles. The van der Waals surface area contributed by atoms with Gasteiger partial charge in [0.25, 0.3) is 0 Å². The molecule has 2 rings (SSSR count). The van der Waals surface area contributed by atoms with E-state index in [0.29, 0.717) is 4.47 Å². The maximum Gasteiger partial charge on any atom is 0.356 e. The van der Waals surface area contributed by atoms with Crippen molar-refractivity contribution in [3.05, 3.63) is 51.9 Å². The lowest BCUT2D eigenvalue weighted by Crippen LogP contribution is -2.27. The van der Waals surface area contributed by atoms with Crippen LogP contribution in [0.3, 0.4) is 0 Å². The first kappa shape index (κ1) is 22.8. The Balaban J connectivity index is 2.51. The van der Waals surface area contributed by atoms with Crippen LogP contribution < -0.4 is 5.69 Å². The summed E-state index contributed by atoms with van der Waals surface area (Å²) in [6.45, 7) is 5.47. The molecule has 0 aliphatic rings. The van der Waals surface area contributed by atoms with E-state index in [2.05, 4.69) is 37.6 Å². The number of ether oxygens (including phenoxy) is 4. The Bertz CT molecular complexity index is 1030. The number of halogens is 1. The summed E-state index contributed by atoms with van der Waals surface area (Å²) >= 11 is 3.31. The van der Waals surface area contributed by atoms with E-state index in [1.165, 1.54) is 44.5 Å². The van der Waals surface area contributed by atoms with Gasteiger partial charge < -0.3 is 18.9 Å². The number of carbonyl (C=O) groups is 2. The van der Waals surface area contributed by atoms with Crippen molar-refractivity contribution in [1.82, 2.24) is 24.3 Å². The third-order valence-electron chi connectivity index (χ3n) is 3.29. The van der Waals surface area contributed by atoms with E-state index >= 15 is 0 Å². The van der Waals surface area contributed by atoms with Gasteiger partial charge in [0.15, 0.2) is 18.2 Å². The molecule has 0 amide bonds. The van der Waals surface area contributed by atoms with Gasteiger partial charge in [-0.1, -0.05) is 6.58 Å². The number of hydrogen-bond donors (Lipinski definition) is 0. The largest absolute Gasteiger partial charge is 0.492 e. The number of hydrogen-bond acceptors (Lipinski definition) is 10. The maximum absolute atomic E-state index is 12.7. The predicted molar refractivity (Wildman–Crippen MR) is 105 cm³/mol. The minimum absolute atomic E-state index is 0.0130. The second-order valence-electron chi connectivity index (χ2n) is 5.54. The van der Waals surface area contributed by atoms with Gasteiger partial charge in [-0.3, -0.25) is 9.59 Å². The molecule has 30 heavy (non-hydrogen) atoms. The Morgan fingerprint density at radius 1 is 1.20 bits per heavy atom. The molecule has 2 aromatic heterocycles. The molecule has 0 spiro atoms. The average molecular weight is 484 g/mol. The minimum atomic E-state index is -0.767. The number of carbonyl (C=O) groups excluding carboxylic acids is 2. The van der Waals surface area contributed by atoms with Gasteiger partial charge >= 0.3 is 17.6 Å². The van der Waals surface area contributed by atoms with Crippen LogP contribution in [0.1, 0.15) is 13.8 Å². The van der Waals surface area contributed by atoms with E-state index in [1.807, 2.05) is 0 Å². The molecule has 0 fully saturated rings. The molecule has 0 radical (unpaired) electrons. The second-order valence-corrected chi connectivity index (χ2v) is 6.39. The molecule has 2 aromatic rings. The highest BCUT2D eigenvalue weighted by Crippen LogP contribution is 2.21. The van der Waals surface area contributed by atoms with E-state index in [9.17, 15) is 14.4 Å². The normalized spacial score (nSPS) is 11.3. The third-order valence-corrected chi connectivity index (χ3v) is 3.85. The van der Waals surface area contributed by atoms with Gasteiger partial charge in [0, 0.05) is 20.0 Å². The summed E-state index contributed by atoms with van der Waals surface area (Å²) in [5, 5.41) is 3.93. The highest BCUT2D eigenvalue weighted by Gasteiger charge is 2.20. The summed E-state index contributed by atoms with van der Waals surface area (Å²) in [6.07, 6.45) is 4.01. The van der Waals surface area contributed by atoms with Crippen LogP contribution in [0, 0.1) is 0 Å². The zero-order valence-electron chi connectivity index (χ0n) is 16.3. The Labute approximate surface area is 178 Å². The SMILES string of the molecule is C=C(COC(C)=O)O/C(=C(\COC(C)=O)OC)n1cc(Br)c(-n2cncn2)nc1=O. The molecule has 0 aromatic carbocycles. The van der Waals surface area contributed by atoms with Crippen LogP contribution in [-0.2, 0) is 28.5 Å². The van der Waals surface area contributed by atoms with Crippen LogP contribution in [0.15, 0.2) is 46.2 Å². The van der Waals surface area contributed by atoms with Crippen molar-refractivity contribution in [2.24, 2.45) is 0 Å². The van der Waals surface area contributed by atoms with E-state index in [0.717, 1.165) is 4.57 Å². The summed E-state index contributed by atoms with van der Waals surface area (Å²) in [7, 11) is 1.30. The van der Waals surface area contributed by atoms with Gasteiger partial charge in [0.2, 0.25) is 5.88 Å². The molecule has 0 N–H and O–H groups in total. The topological polar surface area (TPSA) is 137 Å². The molecular formula is C17H18BrN5O7. The average Bonchev–Trinajstić information content (AvgIpc) is 3.21. The molecule has 0 aliphatic carbocycles. The molecule has 0 unspecified atom stereocenters. The van der Waals surface area contributed by atoms with Gasteiger partial charge in [-0.05, 0) is 15.9 Å². The summed E-state index contributed by atoms with van der Waals surface area (Å²) in [5.74, 6) is -1.14. The van der Waals surface area contributed by atoms with E-state index < -0.39 is 17.6 Å². The lowest BCUT2D eigenvalue weighted by molar-refractivity contribution is -0.141. The van der Waals surface area contributed by atoms with Crippen molar-refractivity contribution in [3.8, 4) is 5.82 Å². The fourth-order valence-corrected chi connectivity index (χ4v) is 2.49. The van der Waals surface area contributed by atoms with Gasteiger partial charge in [0.1, 0.15) is 25.0 Å². The molecule has 13 heteroatoms. The van der Waals surface area contributed by atoms with E-state index in [4.69, 9.17) is 18.9 Å². The number of methoxy groups -OCH3 is 1. The van der Waals surface area contributed by atoms with Crippen LogP contribution >= 0.6 is 15.9 Å². The van der Waals surface area contributed by atoms with Gasteiger partial charge in [-0.25, -0.2) is 19.0 Å². The van der Waals surface area contributed by atoms with Gasteiger partial charge in [-0.15, -0.1) is 0 Å². The molecule has 12 nitrogen and oxygen atoms in total. The third kappa shape index (κ3) is 6.01. The van der Waals surface area contributed by atoms with Gasteiger partial charge in [-0.2, -0.15) is 10.1 Å². The summed E-state index contributed by atoms with van der Waals surface area (Å²) in [5.41, 5.74) is -0.767. The van der Waals surface area contributed by atoms with Crippen molar-refractivity contribution < 1.29 is 28.5 Å². The van der Waals surface area contributed by atoms with Crippen molar-refractivity contribution in [1.29, 1.82) is 0 Å². The van der Waals surface area contributed by atoms with Crippen LogP contribution in [0.5, 0.6) is 0 Å². The molecular weight excluding hydrogens is 466 g/mol. The Morgan fingerprint density at radius 3 is 2.43 bits per heavy atom.